The summed E-state index contributed by atoms with van der Waals surface area (Å²) in [5.74, 6) is -3.85. The van der Waals surface area contributed by atoms with Crippen molar-refractivity contribution in [3.63, 3.8) is 0 Å². The number of Topliss-reactive ketones (excluding diaryl/α,β-unsaturated/α-hetero) is 1. The molecule has 0 aliphatic carbocycles. The Kier molecular flexibility index (Phi) is 37.8. The van der Waals surface area contributed by atoms with Gasteiger partial charge < -0.3 is 49.3 Å². The van der Waals surface area contributed by atoms with Gasteiger partial charge in [0.1, 0.15) is 16.9 Å². The molecule has 4 aromatic carbocycles. The van der Waals surface area contributed by atoms with E-state index < -0.39 is 59.6 Å². The molecule has 4 bridgehead atoms. The number of nitrogens with zero attached hydrogens (tertiary/aromatic N) is 12. The maximum Gasteiger partial charge on any atom is 0.412 e. The number of esters is 3. The van der Waals surface area contributed by atoms with Crippen LogP contribution in [0.4, 0.5) is 25.8 Å². The molecule has 6 saturated heterocycles. The zero-order valence-electron chi connectivity index (χ0n) is 63.2. The lowest BCUT2D eigenvalue weighted by molar-refractivity contribution is -0.258. The maximum atomic E-state index is 14.1. The van der Waals surface area contributed by atoms with Crippen LogP contribution in [0.3, 0.4) is 0 Å². The third kappa shape index (κ3) is 28.1. The van der Waals surface area contributed by atoms with Crippen molar-refractivity contribution >= 4 is 150 Å². The molecule has 31 nitrogen and oxygen atoms in total. The quantitative estimate of drug-likeness (QED) is 0.0358. The number of imide groups is 2. The Labute approximate surface area is 697 Å². The number of carbonyl (C=O) groups is 11. The third-order valence-electron chi connectivity index (χ3n) is 20.2. The van der Waals surface area contributed by atoms with Gasteiger partial charge in [0, 0.05) is 168 Å². The van der Waals surface area contributed by atoms with Crippen molar-refractivity contribution < 1.29 is 86.8 Å². The van der Waals surface area contributed by atoms with Crippen molar-refractivity contribution in [2.45, 2.75) is 105 Å². The van der Waals surface area contributed by atoms with Crippen molar-refractivity contribution in [2.24, 2.45) is 0 Å². The molecule has 4 atom stereocenters. The van der Waals surface area contributed by atoms with E-state index in [0.717, 1.165) is 30.5 Å². The van der Waals surface area contributed by atoms with Crippen molar-refractivity contribution in [1.82, 2.24) is 54.3 Å². The summed E-state index contributed by atoms with van der Waals surface area (Å²) in [5, 5.41) is 23.0. The molecule has 8 amide bonds. The molecule has 0 saturated carbocycles. The Morgan fingerprint density at radius 3 is 1.33 bits per heavy atom. The fourth-order valence-corrected chi connectivity index (χ4v) is 15.4. The van der Waals surface area contributed by atoms with E-state index in [2.05, 4.69) is 42.1 Å². The van der Waals surface area contributed by atoms with Crippen LogP contribution >= 0.6 is 66.7 Å². The zero-order valence-corrected chi connectivity index (χ0v) is 68.6. The van der Waals surface area contributed by atoms with Gasteiger partial charge in [0.15, 0.2) is 0 Å². The SMILES string of the molecule is C.C.C[C@]1(Cc2ccc(Br)cc2)C(=O)N(c2cc(Cl)cc(Cl)c2)C(=O)N1CCCCCC(=O)CN1CCN2CCN3CCN(CC1)CC(=O)OC(OC(=O)C2)OC(=O)C3.Cc1cc(Cl)cc(N2C(=O)N(CCCCNC(=O)CN3CCN(C)CCN(CC(=O)O)CCN(C(=O)O)CC3)[C@@](C)(Cc3ccc(Br)cc3)C2=O)c1.O=C=O. The van der Waals surface area contributed by atoms with Gasteiger partial charge in [0.25, 0.3) is 11.8 Å². The summed E-state index contributed by atoms with van der Waals surface area (Å²) in [4.78, 5) is 180. The largest absolute Gasteiger partial charge is 0.480 e. The van der Waals surface area contributed by atoms with Crippen LogP contribution in [0, 0.1) is 6.92 Å². The van der Waals surface area contributed by atoms with Gasteiger partial charge in [-0.2, -0.15) is 9.59 Å². The average Bonchev–Trinajstić information content (AvgIpc) is 1.59. The highest BCUT2D eigenvalue weighted by molar-refractivity contribution is 9.10. The molecule has 10 rings (SSSR count). The number of hydrogen-bond donors (Lipinski definition) is 3. The number of anilines is 2. The lowest BCUT2D eigenvalue weighted by Crippen LogP contribution is -2.49. The van der Waals surface area contributed by atoms with E-state index in [1.54, 1.807) is 64.9 Å². The Balaban J connectivity index is 0.000000339. The second kappa shape index (κ2) is 45.5. The molecule has 6 aliphatic heterocycles. The van der Waals surface area contributed by atoms with Gasteiger partial charge in [-0.05, 0) is 131 Å². The van der Waals surface area contributed by atoms with Crippen LogP contribution in [-0.2, 0) is 75.0 Å². The normalized spacial score (nSPS) is 22.5. The number of ketones is 1. The summed E-state index contributed by atoms with van der Waals surface area (Å²) in [6, 6.07) is 24.2. The van der Waals surface area contributed by atoms with E-state index in [-0.39, 0.29) is 96.9 Å². The second-order valence-electron chi connectivity index (χ2n) is 28.8. The van der Waals surface area contributed by atoms with Crippen LogP contribution in [0.15, 0.2) is 93.9 Å². The van der Waals surface area contributed by atoms with Gasteiger partial charge in [0.05, 0.1) is 50.6 Å². The molecule has 36 heteroatoms. The number of carbonyl (C=O) groups excluding carboxylic acids is 11. The number of amides is 8. The number of nitrogens with one attached hydrogen (secondary N) is 1. The molecular formula is C78H104Br2Cl3N13O18. The minimum absolute atomic E-state index is 0. The van der Waals surface area contributed by atoms with Gasteiger partial charge in [-0.1, -0.05) is 112 Å². The molecule has 114 heavy (non-hydrogen) atoms. The first kappa shape index (κ1) is 94.8. The Bertz CT molecular complexity index is 3970. The van der Waals surface area contributed by atoms with Crippen LogP contribution in [0.5, 0.6) is 0 Å². The number of unbranched alkanes of at least 4 members (excludes halogenated alkanes) is 3. The van der Waals surface area contributed by atoms with E-state index in [1.165, 1.54) is 9.80 Å². The molecular weight excluding hydrogens is 1670 g/mol. The van der Waals surface area contributed by atoms with Gasteiger partial charge in [-0.3, -0.25) is 67.8 Å². The number of urea groups is 2. The van der Waals surface area contributed by atoms with Crippen molar-refractivity contribution in [3.8, 4) is 0 Å². The van der Waals surface area contributed by atoms with Crippen molar-refractivity contribution in [3.05, 3.63) is 126 Å². The molecule has 0 spiro atoms. The standard InChI is InChI=1S/C39H47BrCl2N6O9.C36H49BrClN7O7.CO2.2CH4/c1-39(22-27-6-8-28(40)9-7-27)36(53)48(31-20-29(41)19-30(42)21-31)37(54)47(39)10-4-2-3-5-32(49)23-43-11-13-44-15-17-46-18-16-45(14-12-43)25-34(51)56-38(55-33(50)24-44)57-35(52)26-46;1-26-20-29(38)22-30(21-26)45-33(49)36(2,23-27-6-8-28(37)9-7-27)44(34(45)50)11-5-4-10-39-31(46)24-41-14-12-40(3)13-15-42(25-32(47)48)17-19-43(18-16-41)35(51)52;2-1-3;;/h6-9,19-21,38H,2-5,10-18,22-26H2,1H3;6-9,20-22H,4-5,10-19,23-25H2,1-3H3,(H,39,46)(H,47,48)(H,51,52);;2*1H4/t39-;36-;;;/m00.../s1. The summed E-state index contributed by atoms with van der Waals surface area (Å²) < 4.78 is 17.5. The lowest BCUT2D eigenvalue weighted by Gasteiger charge is -2.33. The maximum absolute atomic E-state index is 14.1. The fraction of sp³-hybridized carbons (Fsp3) is 0.538. The molecule has 0 radical (unpaired) electrons. The first-order chi connectivity index (χ1) is 53.3. The lowest BCUT2D eigenvalue weighted by atomic mass is 9.90. The number of aryl methyl sites for hydroxylation is 1. The Morgan fingerprint density at radius 1 is 0.518 bits per heavy atom. The van der Waals surface area contributed by atoms with Crippen molar-refractivity contribution in [2.75, 3.05) is 180 Å². The minimum atomic E-state index is -1.75. The number of rotatable bonds is 23. The number of hydrogen-bond acceptors (Lipinski definition) is 23. The van der Waals surface area contributed by atoms with Gasteiger partial charge in [0.2, 0.25) is 5.91 Å². The van der Waals surface area contributed by atoms with Crippen LogP contribution in [0.25, 0.3) is 0 Å². The van der Waals surface area contributed by atoms with E-state index in [4.69, 9.17) is 58.6 Å². The molecule has 624 valence electrons. The number of carboxylic acid groups (broad SMARTS) is 2. The number of halogens is 5. The van der Waals surface area contributed by atoms with E-state index in [9.17, 15) is 63.0 Å². The predicted molar refractivity (Wildman–Crippen MR) is 434 cm³/mol. The Hall–Kier alpha value is -8.02. The average molecular weight is 1780 g/mol. The van der Waals surface area contributed by atoms with Crippen LogP contribution in [0.1, 0.15) is 83.9 Å². The number of benzene rings is 4. The summed E-state index contributed by atoms with van der Waals surface area (Å²) >= 11 is 25.8. The summed E-state index contributed by atoms with van der Waals surface area (Å²) in [6.45, 7) is 11.6. The van der Waals surface area contributed by atoms with Crippen LogP contribution in [-0.4, -0.2) is 319 Å². The first-order valence-electron chi connectivity index (χ1n) is 37.0. The molecule has 6 fully saturated rings. The molecule has 2 unspecified atom stereocenters. The smallest absolute Gasteiger partial charge is 0.412 e. The summed E-state index contributed by atoms with van der Waals surface area (Å²) in [7, 11) is 1.93. The third-order valence-corrected chi connectivity index (χ3v) is 21.9. The minimum Gasteiger partial charge on any atom is -0.480 e. The zero-order chi connectivity index (χ0) is 81.4. The molecule has 6 heterocycles. The van der Waals surface area contributed by atoms with Gasteiger partial charge >= 0.3 is 54.7 Å². The van der Waals surface area contributed by atoms with Crippen LogP contribution in [0.2, 0.25) is 15.1 Å². The number of aliphatic carboxylic acids is 1. The monoisotopic (exact) mass is 1770 g/mol. The van der Waals surface area contributed by atoms with E-state index in [1.807, 2.05) is 87.0 Å². The van der Waals surface area contributed by atoms with Crippen molar-refractivity contribution in [1.29, 1.82) is 0 Å². The van der Waals surface area contributed by atoms with Gasteiger partial charge in [-0.15, -0.1) is 0 Å². The molecule has 6 aliphatic rings. The van der Waals surface area contributed by atoms with Gasteiger partial charge in [-0.25, -0.2) is 24.2 Å². The highest BCUT2D eigenvalue weighted by Crippen LogP contribution is 2.39. The number of likely N-dealkylation sites (N-methyl/N-ethyl adjacent to an activating group) is 1. The van der Waals surface area contributed by atoms with E-state index in [0.29, 0.717) is 189 Å². The highest BCUT2D eigenvalue weighted by atomic mass is 79.9. The predicted octanol–water partition coefficient (Wildman–Crippen LogP) is 8.20. The second-order valence-corrected chi connectivity index (χ2v) is 31.9. The summed E-state index contributed by atoms with van der Waals surface area (Å²) in [6.07, 6.45) is 3.02. The highest BCUT2D eigenvalue weighted by Gasteiger charge is 2.56. The fourth-order valence-electron chi connectivity index (χ4n) is 14.1. The number of ether oxygens (including phenoxy) is 3. The Morgan fingerprint density at radius 2 is 0.904 bits per heavy atom. The molecule has 0 aromatic heterocycles. The van der Waals surface area contributed by atoms with E-state index >= 15 is 0 Å². The first-order valence-corrected chi connectivity index (χ1v) is 39.7. The molecule has 4 aromatic rings. The number of carboxylic acids is 1. The summed E-state index contributed by atoms with van der Waals surface area (Å²) in [5.41, 5.74) is 1.05. The molecule has 3 N–H and O–H groups in total. The topological polar surface area (TPSA) is 341 Å². The number of fused-ring (bicyclic) bond motifs is 7. The van der Waals surface area contributed by atoms with Crippen LogP contribution < -0.4 is 15.1 Å².